The molecule has 1 aromatic heterocycles. The molecule has 6 nitrogen and oxygen atoms in total. The molecule has 0 saturated heterocycles. The first-order valence-electron chi connectivity index (χ1n) is 9.11. The van der Waals surface area contributed by atoms with Crippen molar-refractivity contribution in [3.8, 4) is 17.6 Å². The predicted molar refractivity (Wildman–Crippen MR) is 108 cm³/mol. The second kappa shape index (κ2) is 10.7. The number of carbonyl (C=O) groups excluding carboxylic acids is 1. The molecule has 0 unspecified atom stereocenters. The SMILES string of the molecule is COc1cc(C=CC(=O)N(CCC#N)Cc2cccnc2)ccc1OC(C)C. The number of pyridine rings is 1. The van der Waals surface area contributed by atoms with Gasteiger partial charge in [-0.1, -0.05) is 12.1 Å². The molecule has 146 valence electrons. The number of aromatic nitrogens is 1. The number of ether oxygens (including phenoxy) is 2. The highest BCUT2D eigenvalue weighted by Gasteiger charge is 2.12. The molecule has 0 atom stereocenters. The number of nitriles is 1. The van der Waals surface area contributed by atoms with Crippen LogP contribution in [0.25, 0.3) is 6.08 Å². The number of carbonyl (C=O) groups is 1. The molecule has 6 heteroatoms. The van der Waals surface area contributed by atoms with E-state index in [-0.39, 0.29) is 18.4 Å². The number of rotatable bonds is 9. The highest BCUT2D eigenvalue weighted by molar-refractivity contribution is 5.91. The van der Waals surface area contributed by atoms with Crippen molar-refractivity contribution in [3.05, 3.63) is 59.9 Å². The molecule has 2 aromatic rings. The van der Waals surface area contributed by atoms with Gasteiger partial charge in [-0.3, -0.25) is 9.78 Å². The summed E-state index contributed by atoms with van der Waals surface area (Å²) in [5, 5.41) is 8.87. The van der Waals surface area contributed by atoms with Crippen LogP contribution in [0.2, 0.25) is 0 Å². The van der Waals surface area contributed by atoms with E-state index in [1.807, 2.05) is 44.2 Å². The quantitative estimate of drug-likeness (QED) is 0.619. The van der Waals surface area contributed by atoms with E-state index in [0.717, 1.165) is 11.1 Å². The largest absolute Gasteiger partial charge is 0.493 e. The molecule has 0 aliphatic carbocycles. The molecule has 0 N–H and O–H groups in total. The Labute approximate surface area is 166 Å². The first-order valence-corrected chi connectivity index (χ1v) is 9.11. The van der Waals surface area contributed by atoms with Gasteiger partial charge >= 0.3 is 0 Å². The van der Waals surface area contributed by atoms with Crippen molar-refractivity contribution in [3.63, 3.8) is 0 Å². The topological polar surface area (TPSA) is 75.5 Å². The fraction of sp³-hybridized carbons (Fsp3) is 0.318. The molecule has 1 heterocycles. The summed E-state index contributed by atoms with van der Waals surface area (Å²) in [4.78, 5) is 18.3. The van der Waals surface area contributed by atoms with Gasteiger partial charge in [0.05, 0.1) is 25.7 Å². The van der Waals surface area contributed by atoms with Gasteiger partial charge in [0.1, 0.15) is 0 Å². The van der Waals surface area contributed by atoms with Crippen molar-refractivity contribution in [1.29, 1.82) is 5.26 Å². The molecule has 0 aliphatic rings. The second-order valence-corrected chi connectivity index (χ2v) is 6.44. The second-order valence-electron chi connectivity index (χ2n) is 6.44. The average molecular weight is 379 g/mol. The van der Waals surface area contributed by atoms with Crippen LogP contribution in [0.1, 0.15) is 31.4 Å². The summed E-state index contributed by atoms with van der Waals surface area (Å²) in [6.45, 7) is 4.66. The van der Waals surface area contributed by atoms with E-state index >= 15 is 0 Å². The van der Waals surface area contributed by atoms with Gasteiger partial charge in [-0.15, -0.1) is 0 Å². The van der Waals surface area contributed by atoms with Crippen molar-refractivity contribution in [1.82, 2.24) is 9.88 Å². The molecule has 0 spiro atoms. The van der Waals surface area contributed by atoms with E-state index in [1.54, 1.807) is 30.5 Å². The normalized spacial score (nSPS) is 10.7. The van der Waals surface area contributed by atoms with Gasteiger partial charge in [-0.2, -0.15) is 5.26 Å². The fourth-order valence-corrected chi connectivity index (χ4v) is 2.58. The lowest BCUT2D eigenvalue weighted by Crippen LogP contribution is -2.29. The number of nitrogens with zero attached hydrogens (tertiary/aromatic N) is 3. The Hall–Kier alpha value is -3.33. The fourth-order valence-electron chi connectivity index (χ4n) is 2.58. The molecule has 0 radical (unpaired) electrons. The lowest BCUT2D eigenvalue weighted by Gasteiger charge is -2.20. The third-order valence-corrected chi connectivity index (χ3v) is 3.87. The third-order valence-electron chi connectivity index (χ3n) is 3.87. The van der Waals surface area contributed by atoms with E-state index in [4.69, 9.17) is 14.7 Å². The summed E-state index contributed by atoms with van der Waals surface area (Å²) in [5.74, 6) is 1.11. The zero-order valence-corrected chi connectivity index (χ0v) is 16.5. The van der Waals surface area contributed by atoms with E-state index in [0.29, 0.717) is 24.6 Å². The maximum absolute atomic E-state index is 12.6. The Morgan fingerprint density at radius 2 is 2.14 bits per heavy atom. The zero-order chi connectivity index (χ0) is 20.4. The summed E-state index contributed by atoms with van der Waals surface area (Å²) in [6, 6.07) is 11.3. The van der Waals surface area contributed by atoms with E-state index in [9.17, 15) is 4.79 Å². The maximum Gasteiger partial charge on any atom is 0.246 e. The Kier molecular flexibility index (Phi) is 8.04. The molecule has 0 saturated carbocycles. The minimum absolute atomic E-state index is 0.0399. The highest BCUT2D eigenvalue weighted by atomic mass is 16.5. The van der Waals surface area contributed by atoms with Crippen LogP contribution in [0.4, 0.5) is 0 Å². The summed E-state index contributed by atoms with van der Waals surface area (Å²) in [6.07, 6.45) is 6.95. The number of benzene rings is 1. The summed E-state index contributed by atoms with van der Waals surface area (Å²) in [7, 11) is 1.58. The first kappa shape index (κ1) is 21.0. The van der Waals surface area contributed by atoms with Gasteiger partial charge in [-0.05, 0) is 49.2 Å². The highest BCUT2D eigenvalue weighted by Crippen LogP contribution is 2.29. The van der Waals surface area contributed by atoms with Crippen molar-refractivity contribution >= 4 is 12.0 Å². The van der Waals surface area contributed by atoms with Crippen molar-refractivity contribution < 1.29 is 14.3 Å². The van der Waals surface area contributed by atoms with Crippen molar-refractivity contribution in [2.24, 2.45) is 0 Å². The molecule has 0 fully saturated rings. The van der Waals surface area contributed by atoms with Crippen LogP contribution in [0.5, 0.6) is 11.5 Å². The Morgan fingerprint density at radius 3 is 2.79 bits per heavy atom. The maximum atomic E-state index is 12.6. The van der Waals surface area contributed by atoms with E-state index in [2.05, 4.69) is 11.1 Å². The summed E-state index contributed by atoms with van der Waals surface area (Å²) < 4.78 is 11.1. The molecular formula is C22H25N3O3. The number of hydrogen-bond acceptors (Lipinski definition) is 5. The van der Waals surface area contributed by atoms with Gasteiger partial charge in [0, 0.05) is 31.6 Å². The zero-order valence-electron chi connectivity index (χ0n) is 16.5. The molecule has 0 bridgehead atoms. The van der Waals surface area contributed by atoms with Crippen LogP contribution < -0.4 is 9.47 Å². The third kappa shape index (κ3) is 6.44. The number of hydrogen-bond donors (Lipinski definition) is 0. The van der Waals surface area contributed by atoms with Crippen LogP contribution in [0.15, 0.2) is 48.8 Å². The summed E-state index contributed by atoms with van der Waals surface area (Å²) in [5.41, 5.74) is 1.74. The average Bonchev–Trinajstić information content (AvgIpc) is 2.70. The lowest BCUT2D eigenvalue weighted by molar-refractivity contribution is -0.126. The molecule has 1 aromatic carbocycles. The van der Waals surface area contributed by atoms with Gasteiger partial charge in [0.2, 0.25) is 5.91 Å². The monoisotopic (exact) mass is 379 g/mol. The van der Waals surface area contributed by atoms with Gasteiger partial charge < -0.3 is 14.4 Å². The van der Waals surface area contributed by atoms with Gasteiger partial charge in [0.25, 0.3) is 0 Å². The van der Waals surface area contributed by atoms with Crippen LogP contribution >= 0.6 is 0 Å². The van der Waals surface area contributed by atoms with E-state index in [1.165, 1.54) is 6.08 Å². The predicted octanol–water partition coefficient (Wildman–Crippen LogP) is 3.83. The first-order chi connectivity index (χ1) is 13.5. The Balaban J connectivity index is 2.13. The number of methoxy groups -OCH3 is 1. The number of amides is 1. The molecule has 0 aliphatic heterocycles. The van der Waals surface area contributed by atoms with Gasteiger partial charge in [0.15, 0.2) is 11.5 Å². The minimum Gasteiger partial charge on any atom is -0.493 e. The smallest absolute Gasteiger partial charge is 0.246 e. The molecule has 2 rings (SSSR count). The minimum atomic E-state index is -0.166. The van der Waals surface area contributed by atoms with Crippen LogP contribution in [-0.2, 0) is 11.3 Å². The van der Waals surface area contributed by atoms with E-state index < -0.39 is 0 Å². The van der Waals surface area contributed by atoms with Gasteiger partial charge in [-0.25, -0.2) is 0 Å². The molecule has 28 heavy (non-hydrogen) atoms. The van der Waals surface area contributed by atoms with Crippen LogP contribution in [0.3, 0.4) is 0 Å². The Morgan fingerprint density at radius 1 is 1.32 bits per heavy atom. The van der Waals surface area contributed by atoms with Crippen LogP contribution in [-0.4, -0.2) is 35.5 Å². The molecular weight excluding hydrogens is 354 g/mol. The molecule has 1 amide bonds. The van der Waals surface area contributed by atoms with Crippen molar-refractivity contribution in [2.75, 3.05) is 13.7 Å². The standard InChI is InChI=1S/C22H25N3O3/c1-17(2)28-20-9-7-18(14-21(20)27-3)8-10-22(26)25(13-5-11-23)16-19-6-4-12-24-15-19/h4,6-10,12,14-15,17H,5,13,16H2,1-3H3. The lowest BCUT2D eigenvalue weighted by atomic mass is 10.1. The Bertz CT molecular complexity index is 842. The van der Waals surface area contributed by atoms with Crippen molar-refractivity contribution in [2.45, 2.75) is 32.9 Å². The van der Waals surface area contributed by atoms with Crippen LogP contribution in [0, 0.1) is 11.3 Å². The summed E-state index contributed by atoms with van der Waals surface area (Å²) >= 11 is 0.